The summed E-state index contributed by atoms with van der Waals surface area (Å²) >= 11 is 0. The Kier molecular flexibility index (Phi) is 4.21. The predicted molar refractivity (Wildman–Crippen MR) is 79.5 cm³/mol. The lowest BCUT2D eigenvalue weighted by atomic mass is 9.80. The second-order valence-corrected chi connectivity index (χ2v) is 5.02. The zero-order valence-electron chi connectivity index (χ0n) is 12.5. The second kappa shape index (κ2) is 5.93. The minimum atomic E-state index is -1.15. The van der Waals surface area contributed by atoms with Crippen LogP contribution in [0.3, 0.4) is 0 Å². The van der Waals surface area contributed by atoms with Crippen molar-refractivity contribution < 1.29 is 24.5 Å². The summed E-state index contributed by atoms with van der Waals surface area (Å²) in [6.45, 7) is 3.25. The fraction of sp³-hybridized carbons (Fsp3) is 0.250. The average molecular weight is 303 g/mol. The summed E-state index contributed by atoms with van der Waals surface area (Å²) in [6.07, 6.45) is 0. The first-order chi connectivity index (χ1) is 10.4. The van der Waals surface area contributed by atoms with Gasteiger partial charge < -0.3 is 20.3 Å². The summed E-state index contributed by atoms with van der Waals surface area (Å²) in [5.41, 5.74) is 1.48. The highest BCUT2D eigenvalue weighted by Gasteiger charge is 2.36. The van der Waals surface area contributed by atoms with Gasteiger partial charge in [0.05, 0.1) is 24.2 Å². The number of benzene rings is 1. The molecule has 0 atom stereocenters. The molecule has 0 unspecified atom stereocenters. The van der Waals surface area contributed by atoms with E-state index >= 15 is 0 Å². The van der Waals surface area contributed by atoms with Crippen LogP contribution in [0.25, 0.3) is 0 Å². The van der Waals surface area contributed by atoms with E-state index in [2.05, 4.69) is 5.32 Å². The molecule has 0 aromatic heterocycles. The van der Waals surface area contributed by atoms with E-state index in [1.165, 1.54) is 7.11 Å². The highest BCUT2D eigenvalue weighted by Crippen LogP contribution is 2.39. The van der Waals surface area contributed by atoms with Crippen LogP contribution in [0.15, 0.2) is 46.8 Å². The number of carbonyl (C=O) groups is 2. The third-order valence-electron chi connectivity index (χ3n) is 3.65. The molecular weight excluding hydrogens is 286 g/mol. The van der Waals surface area contributed by atoms with E-state index in [-0.39, 0.29) is 11.1 Å². The predicted octanol–water partition coefficient (Wildman–Crippen LogP) is 2.10. The molecule has 1 aliphatic rings. The van der Waals surface area contributed by atoms with Crippen LogP contribution in [0, 0.1) is 0 Å². The van der Waals surface area contributed by atoms with Gasteiger partial charge in [-0.15, -0.1) is 0 Å². The van der Waals surface area contributed by atoms with Crippen molar-refractivity contribution in [1.29, 1.82) is 0 Å². The number of methoxy groups -OCH3 is 1. The Bertz CT molecular complexity index is 666. The molecular formula is C16H17NO5. The van der Waals surface area contributed by atoms with Crippen molar-refractivity contribution in [2.24, 2.45) is 0 Å². The largest absolute Gasteiger partial charge is 0.497 e. The molecule has 0 fully saturated rings. The molecule has 1 aromatic rings. The molecule has 0 aliphatic carbocycles. The second-order valence-electron chi connectivity index (χ2n) is 5.02. The number of hydrogen-bond acceptors (Lipinski definition) is 4. The molecule has 116 valence electrons. The van der Waals surface area contributed by atoms with Gasteiger partial charge in [0, 0.05) is 11.4 Å². The summed E-state index contributed by atoms with van der Waals surface area (Å²) in [4.78, 5) is 23.3. The van der Waals surface area contributed by atoms with Crippen LogP contribution in [0.5, 0.6) is 5.75 Å². The minimum Gasteiger partial charge on any atom is -0.497 e. The zero-order valence-corrected chi connectivity index (χ0v) is 12.5. The first kappa shape index (κ1) is 15.6. The Hall–Kier alpha value is -2.76. The molecule has 0 bridgehead atoms. The summed E-state index contributed by atoms with van der Waals surface area (Å²) in [6, 6.07) is 6.78. The molecule has 0 radical (unpaired) electrons. The highest BCUT2D eigenvalue weighted by molar-refractivity contribution is 5.98. The Morgan fingerprint density at radius 3 is 2.09 bits per heavy atom. The molecule has 22 heavy (non-hydrogen) atoms. The Balaban J connectivity index is 2.69. The third kappa shape index (κ3) is 2.67. The lowest BCUT2D eigenvalue weighted by molar-refractivity contribution is -0.133. The molecule has 6 heteroatoms. The summed E-state index contributed by atoms with van der Waals surface area (Å²) in [5.74, 6) is -2.61. The molecule has 0 spiro atoms. The van der Waals surface area contributed by atoms with Gasteiger partial charge in [-0.2, -0.15) is 0 Å². The van der Waals surface area contributed by atoms with E-state index in [9.17, 15) is 19.8 Å². The van der Waals surface area contributed by atoms with Gasteiger partial charge in [0.25, 0.3) is 0 Å². The standard InChI is InChI=1S/C16H17NO5/c1-8-12(15(18)19)14(13(16(20)21)9(2)17-8)10-5-4-6-11(7-10)22-3/h4-7,14,17H,1-3H3,(H,18,19)(H,20,21). The Morgan fingerprint density at radius 2 is 1.64 bits per heavy atom. The smallest absolute Gasteiger partial charge is 0.334 e. The maximum absolute atomic E-state index is 11.6. The van der Waals surface area contributed by atoms with E-state index in [0.717, 1.165) is 0 Å². The summed E-state index contributed by atoms with van der Waals surface area (Å²) in [5, 5.41) is 21.9. The van der Waals surface area contributed by atoms with Gasteiger partial charge >= 0.3 is 11.9 Å². The molecule has 1 aliphatic heterocycles. The number of carboxylic acids is 2. The van der Waals surface area contributed by atoms with Gasteiger partial charge in [-0.3, -0.25) is 0 Å². The first-order valence-electron chi connectivity index (χ1n) is 6.66. The number of allylic oxidation sites excluding steroid dienone is 2. The quantitative estimate of drug-likeness (QED) is 0.788. The molecule has 0 saturated heterocycles. The fourth-order valence-corrected chi connectivity index (χ4v) is 2.72. The molecule has 1 aromatic carbocycles. The topological polar surface area (TPSA) is 95.9 Å². The number of hydrogen-bond donors (Lipinski definition) is 3. The van der Waals surface area contributed by atoms with Crippen LogP contribution in [0.4, 0.5) is 0 Å². The minimum absolute atomic E-state index is 0.0243. The number of carboxylic acid groups (broad SMARTS) is 2. The van der Waals surface area contributed by atoms with Crippen LogP contribution in [-0.2, 0) is 9.59 Å². The van der Waals surface area contributed by atoms with E-state index in [0.29, 0.717) is 22.7 Å². The maximum atomic E-state index is 11.6. The lowest BCUT2D eigenvalue weighted by Crippen LogP contribution is -2.31. The van der Waals surface area contributed by atoms with Gasteiger partial charge in [-0.05, 0) is 31.5 Å². The fourth-order valence-electron chi connectivity index (χ4n) is 2.72. The van der Waals surface area contributed by atoms with E-state index in [4.69, 9.17) is 4.74 Å². The van der Waals surface area contributed by atoms with Crippen LogP contribution in [0.2, 0.25) is 0 Å². The molecule has 0 amide bonds. The van der Waals surface area contributed by atoms with Gasteiger partial charge in [-0.1, -0.05) is 12.1 Å². The van der Waals surface area contributed by atoms with Crippen molar-refractivity contribution in [2.75, 3.05) is 7.11 Å². The van der Waals surface area contributed by atoms with Crippen LogP contribution >= 0.6 is 0 Å². The van der Waals surface area contributed by atoms with Crippen molar-refractivity contribution in [3.63, 3.8) is 0 Å². The number of ether oxygens (including phenoxy) is 1. The van der Waals surface area contributed by atoms with Crippen molar-refractivity contribution in [2.45, 2.75) is 19.8 Å². The normalized spacial score (nSPS) is 15.6. The molecule has 6 nitrogen and oxygen atoms in total. The molecule has 1 heterocycles. The van der Waals surface area contributed by atoms with Gasteiger partial charge in [0.1, 0.15) is 5.75 Å². The van der Waals surface area contributed by atoms with Gasteiger partial charge in [-0.25, -0.2) is 9.59 Å². The lowest BCUT2D eigenvalue weighted by Gasteiger charge is -2.28. The highest BCUT2D eigenvalue weighted by atomic mass is 16.5. The maximum Gasteiger partial charge on any atom is 0.334 e. The van der Waals surface area contributed by atoms with Crippen LogP contribution < -0.4 is 10.1 Å². The van der Waals surface area contributed by atoms with Crippen LogP contribution in [0.1, 0.15) is 25.3 Å². The summed E-state index contributed by atoms with van der Waals surface area (Å²) < 4.78 is 5.15. The van der Waals surface area contributed by atoms with Crippen molar-refractivity contribution in [1.82, 2.24) is 5.32 Å². The monoisotopic (exact) mass is 303 g/mol. The Morgan fingerprint density at radius 1 is 1.09 bits per heavy atom. The van der Waals surface area contributed by atoms with Crippen molar-refractivity contribution in [3.8, 4) is 5.75 Å². The number of dihydropyridines is 1. The summed E-state index contributed by atoms with van der Waals surface area (Å²) in [7, 11) is 1.50. The van der Waals surface area contributed by atoms with Crippen molar-refractivity contribution in [3.05, 3.63) is 52.4 Å². The van der Waals surface area contributed by atoms with Gasteiger partial charge in [0.2, 0.25) is 0 Å². The number of rotatable bonds is 4. The molecule has 3 N–H and O–H groups in total. The van der Waals surface area contributed by atoms with Crippen LogP contribution in [-0.4, -0.2) is 29.3 Å². The third-order valence-corrected chi connectivity index (χ3v) is 3.65. The Labute approximate surface area is 127 Å². The zero-order chi connectivity index (χ0) is 16.4. The molecule has 2 rings (SSSR count). The average Bonchev–Trinajstić information content (AvgIpc) is 2.45. The number of aliphatic carboxylic acids is 2. The van der Waals surface area contributed by atoms with Gasteiger partial charge in [0.15, 0.2) is 0 Å². The SMILES string of the molecule is COc1cccc(C2C(C(=O)O)=C(C)NC(C)=C2C(=O)O)c1. The first-order valence-corrected chi connectivity index (χ1v) is 6.66. The number of nitrogens with one attached hydrogen (secondary N) is 1. The van der Waals surface area contributed by atoms with Crippen molar-refractivity contribution >= 4 is 11.9 Å². The van der Waals surface area contributed by atoms with E-state index < -0.39 is 17.9 Å². The van der Waals surface area contributed by atoms with E-state index in [1.54, 1.807) is 38.1 Å². The van der Waals surface area contributed by atoms with E-state index in [1.807, 2.05) is 0 Å². The molecule has 0 saturated carbocycles.